The highest BCUT2D eigenvalue weighted by atomic mass is 16.3. The van der Waals surface area contributed by atoms with E-state index in [1.165, 1.54) is 55.3 Å². The molecule has 0 saturated heterocycles. The average Bonchev–Trinajstić information content (AvgIpc) is 3.77. The summed E-state index contributed by atoms with van der Waals surface area (Å²) in [5.74, 6) is 0. The first kappa shape index (κ1) is 32.3. The van der Waals surface area contributed by atoms with Crippen LogP contribution in [0.3, 0.4) is 0 Å². The Kier molecular flexibility index (Phi) is 7.33. The number of nitrogens with zero attached hydrogens (tertiary/aromatic N) is 1. The average molecular weight is 716 g/mol. The fourth-order valence-corrected chi connectivity index (χ4v) is 9.22. The molecule has 264 valence electrons. The molecule has 0 radical (unpaired) electrons. The largest absolute Gasteiger partial charge is 0.456 e. The van der Waals surface area contributed by atoms with E-state index in [1.54, 1.807) is 0 Å². The summed E-state index contributed by atoms with van der Waals surface area (Å²) in [6.07, 6.45) is 0. The lowest BCUT2D eigenvalue weighted by atomic mass is 9.71. The highest BCUT2D eigenvalue weighted by Crippen LogP contribution is 2.55. The summed E-state index contributed by atoms with van der Waals surface area (Å²) in [7, 11) is 0. The lowest BCUT2D eigenvalue weighted by Crippen LogP contribution is -2.23. The molecule has 1 aliphatic rings. The quantitative estimate of drug-likeness (QED) is 0.170. The molecule has 0 fully saturated rings. The standard InChI is InChI=1S/C54H37NO/c1-54(48-22-10-7-19-43(48)44-20-8-11-23-49(44)54)50-34-47-45-21-9-12-25-52(45)56-53(47)35-46(50)39-28-26-36(27-29-39)37-30-32-41(33-31-37)55(40-16-3-2-4-17-40)51-24-13-15-38-14-5-6-18-42(38)51/h2-35H,1H3. The molecule has 1 aliphatic carbocycles. The van der Waals surface area contributed by atoms with E-state index < -0.39 is 0 Å². The zero-order chi connectivity index (χ0) is 37.2. The predicted octanol–water partition coefficient (Wildman–Crippen LogP) is 14.9. The van der Waals surface area contributed by atoms with Crippen LogP contribution in [0.25, 0.3) is 66.1 Å². The van der Waals surface area contributed by atoms with Crippen molar-refractivity contribution in [3.05, 3.63) is 223 Å². The topological polar surface area (TPSA) is 16.4 Å². The van der Waals surface area contributed by atoms with Gasteiger partial charge in [-0.3, -0.25) is 0 Å². The molecule has 2 nitrogen and oxygen atoms in total. The van der Waals surface area contributed by atoms with Gasteiger partial charge in [-0.1, -0.05) is 158 Å². The van der Waals surface area contributed by atoms with Crippen LogP contribution in [0.4, 0.5) is 17.1 Å². The van der Waals surface area contributed by atoms with Gasteiger partial charge in [-0.05, 0) is 111 Å². The summed E-state index contributed by atoms with van der Waals surface area (Å²) >= 11 is 0. The Hall–Kier alpha value is -7.16. The number of para-hydroxylation sites is 2. The molecule has 11 rings (SSSR count). The summed E-state index contributed by atoms with van der Waals surface area (Å²) in [6.45, 7) is 2.40. The second-order valence-corrected chi connectivity index (χ2v) is 15.0. The molecule has 0 atom stereocenters. The van der Waals surface area contributed by atoms with Crippen LogP contribution in [0, 0.1) is 0 Å². The minimum absolute atomic E-state index is 0.363. The summed E-state index contributed by atoms with van der Waals surface area (Å²) in [5.41, 5.74) is 16.1. The van der Waals surface area contributed by atoms with E-state index in [2.05, 4.69) is 212 Å². The molecule has 0 amide bonds. The number of benzene rings is 9. The molecule has 0 saturated carbocycles. The molecule has 2 heteroatoms. The van der Waals surface area contributed by atoms with E-state index in [-0.39, 0.29) is 5.41 Å². The zero-order valence-corrected chi connectivity index (χ0v) is 31.0. The Morgan fingerprint density at radius 1 is 0.375 bits per heavy atom. The Bertz CT molecular complexity index is 3030. The van der Waals surface area contributed by atoms with E-state index in [4.69, 9.17) is 4.42 Å². The van der Waals surface area contributed by atoms with Gasteiger partial charge in [-0.2, -0.15) is 0 Å². The van der Waals surface area contributed by atoms with Crippen molar-refractivity contribution < 1.29 is 4.42 Å². The van der Waals surface area contributed by atoms with Crippen LogP contribution in [0.5, 0.6) is 0 Å². The van der Waals surface area contributed by atoms with Gasteiger partial charge in [0.15, 0.2) is 0 Å². The van der Waals surface area contributed by atoms with Gasteiger partial charge >= 0.3 is 0 Å². The third-order valence-corrected chi connectivity index (χ3v) is 12.0. The number of rotatable bonds is 6. The van der Waals surface area contributed by atoms with E-state index in [0.717, 1.165) is 44.6 Å². The minimum atomic E-state index is -0.363. The number of hydrogen-bond donors (Lipinski definition) is 0. The summed E-state index contributed by atoms with van der Waals surface area (Å²) in [4.78, 5) is 2.35. The van der Waals surface area contributed by atoms with Crippen molar-refractivity contribution >= 4 is 49.8 Å². The molecule has 0 unspecified atom stereocenters. The Balaban J connectivity index is 1.02. The third-order valence-electron chi connectivity index (χ3n) is 12.0. The van der Waals surface area contributed by atoms with Gasteiger partial charge in [0.1, 0.15) is 11.2 Å². The fourth-order valence-electron chi connectivity index (χ4n) is 9.22. The molecule has 0 N–H and O–H groups in total. The van der Waals surface area contributed by atoms with Gasteiger partial charge in [-0.15, -0.1) is 0 Å². The third kappa shape index (κ3) is 4.96. The van der Waals surface area contributed by atoms with E-state index >= 15 is 0 Å². The summed E-state index contributed by atoms with van der Waals surface area (Å²) < 4.78 is 6.51. The predicted molar refractivity (Wildman–Crippen MR) is 234 cm³/mol. The lowest BCUT2D eigenvalue weighted by molar-refractivity contribution is 0.667. The van der Waals surface area contributed by atoms with Gasteiger partial charge < -0.3 is 9.32 Å². The molecule has 1 heterocycles. The molecule has 10 aromatic rings. The second-order valence-electron chi connectivity index (χ2n) is 15.0. The minimum Gasteiger partial charge on any atom is -0.456 e. The van der Waals surface area contributed by atoms with Crippen molar-refractivity contribution in [1.29, 1.82) is 0 Å². The molecule has 56 heavy (non-hydrogen) atoms. The highest BCUT2D eigenvalue weighted by molar-refractivity contribution is 6.07. The van der Waals surface area contributed by atoms with Crippen LogP contribution >= 0.6 is 0 Å². The molecule has 0 aliphatic heterocycles. The second kappa shape index (κ2) is 12.7. The van der Waals surface area contributed by atoms with Crippen molar-refractivity contribution in [2.24, 2.45) is 0 Å². The zero-order valence-electron chi connectivity index (χ0n) is 31.0. The van der Waals surface area contributed by atoms with Crippen molar-refractivity contribution in [2.45, 2.75) is 12.3 Å². The number of furan rings is 1. The summed E-state index contributed by atoms with van der Waals surface area (Å²) in [5, 5.41) is 4.73. The Morgan fingerprint density at radius 2 is 0.929 bits per heavy atom. The van der Waals surface area contributed by atoms with Crippen LogP contribution in [-0.4, -0.2) is 0 Å². The van der Waals surface area contributed by atoms with Crippen LogP contribution in [0.2, 0.25) is 0 Å². The molecule has 0 bridgehead atoms. The van der Waals surface area contributed by atoms with Crippen LogP contribution in [-0.2, 0) is 5.41 Å². The van der Waals surface area contributed by atoms with Crippen molar-refractivity contribution in [3.63, 3.8) is 0 Å². The van der Waals surface area contributed by atoms with Gasteiger partial charge in [0.2, 0.25) is 0 Å². The summed E-state index contributed by atoms with van der Waals surface area (Å²) in [6, 6.07) is 74.7. The first-order valence-corrected chi connectivity index (χ1v) is 19.3. The van der Waals surface area contributed by atoms with Crippen LogP contribution in [0.15, 0.2) is 211 Å². The van der Waals surface area contributed by atoms with E-state index in [0.29, 0.717) is 0 Å². The molecular weight excluding hydrogens is 679 g/mol. The van der Waals surface area contributed by atoms with Crippen LogP contribution in [0.1, 0.15) is 23.6 Å². The van der Waals surface area contributed by atoms with Crippen molar-refractivity contribution in [3.8, 4) is 33.4 Å². The molecule has 0 spiro atoms. The molecular formula is C54H37NO. The van der Waals surface area contributed by atoms with E-state index in [1.807, 2.05) is 6.07 Å². The number of fused-ring (bicyclic) bond motifs is 7. The Morgan fingerprint density at radius 3 is 1.66 bits per heavy atom. The fraction of sp³-hybridized carbons (Fsp3) is 0.0370. The maximum absolute atomic E-state index is 6.51. The number of hydrogen-bond acceptors (Lipinski definition) is 2. The highest BCUT2D eigenvalue weighted by Gasteiger charge is 2.42. The number of anilines is 3. The molecule has 1 aromatic heterocycles. The van der Waals surface area contributed by atoms with Crippen LogP contribution < -0.4 is 4.90 Å². The normalized spacial score (nSPS) is 12.9. The first-order valence-electron chi connectivity index (χ1n) is 19.3. The van der Waals surface area contributed by atoms with Gasteiger partial charge in [-0.25, -0.2) is 0 Å². The van der Waals surface area contributed by atoms with Gasteiger partial charge in [0, 0.05) is 32.9 Å². The lowest BCUT2D eigenvalue weighted by Gasteiger charge is -2.31. The smallest absolute Gasteiger partial charge is 0.136 e. The van der Waals surface area contributed by atoms with Crippen molar-refractivity contribution in [1.82, 2.24) is 0 Å². The van der Waals surface area contributed by atoms with Gasteiger partial charge in [0.25, 0.3) is 0 Å². The van der Waals surface area contributed by atoms with Crippen molar-refractivity contribution in [2.75, 3.05) is 4.90 Å². The maximum Gasteiger partial charge on any atom is 0.136 e. The van der Waals surface area contributed by atoms with E-state index in [9.17, 15) is 0 Å². The monoisotopic (exact) mass is 715 g/mol. The first-order chi connectivity index (χ1) is 27.6. The molecule has 9 aromatic carbocycles. The maximum atomic E-state index is 6.51. The Labute approximate surface area is 326 Å². The SMILES string of the molecule is CC1(c2cc3c(cc2-c2ccc(-c4ccc(N(c5ccccc5)c5cccc6ccccc56)cc4)cc2)oc2ccccc23)c2ccccc2-c2ccccc21. The van der Waals surface area contributed by atoms with Gasteiger partial charge in [0.05, 0.1) is 5.69 Å².